The highest BCUT2D eigenvalue weighted by molar-refractivity contribution is 7.09. The number of hydrogen-bond donors (Lipinski definition) is 2. The number of rotatable bonds is 5. The minimum atomic E-state index is 0.239. The molecule has 1 aromatic heterocycles. The van der Waals surface area contributed by atoms with Crippen molar-refractivity contribution in [3.8, 4) is 5.75 Å². The van der Waals surface area contributed by atoms with Crippen molar-refractivity contribution < 1.29 is 4.74 Å². The third-order valence-corrected chi connectivity index (χ3v) is 4.83. The third-order valence-electron chi connectivity index (χ3n) is 4.01. The van der Waals surface area contributed by atoms with Crippen molar-refractivity contribution in [2.24, 2.45) is 5.84 Å². The first kappa shape index (κ1) is 14.5. The molecule has 2 aromatic rings. The largest absolute Gasteiger partial charge is 0.493 e. The van der Waals surface area contributed by atoms with Gasteiger partial charge in [0.1, 0.15) is 5.75 Å². The van der Waals surface area contributed by atoms with Gasteiger partial charge in [-0.3, -0.25) is 11.3 Å². The average Bonchev–Trinajstić information content (AvgIpc) is 2.92. The van der Waals surface area contributed by atoms with Crippen LogP contribution in [-0.4, -0.2) is 17.6 Å². The molecule has 2 atom stereocenters. The van der Waals surface area contributed by atoms with Gasteiger partial charge < -0.3 is 4.74 Å². The summed E-state index contributed by atoms with van der Waals surface area (Å²) in [4.78, 5) is 4.53. The fourth-order valence-corrected chi connectivity index (χ4v) is 3.59. The number of fused-ring (bicyclic) bond motifs is 1. The van der Waals surface area contributed by atoms with Crippen LogP contribution in [0.3, 0.4) is 0 Å². The zero-order valence-electron chi connectivity index (χ0n) is 12.2. The second-order valence-electron chi connectivity index (χ2n) is 5.53. The Morgan fingerprint density at radius 3 is 3.10 bits per heavy atom. The zero-order valence-corrected chi connectivity index (χ0v) is 13.0. The molecule has 0 saturated heterocycles. The summed E-state index contributed by atoms with van der Waals surface area (Å²) in [5, 5.41) is 3.23. The summed E-state index contributed by atoms with van der Waals surface area (Å²) in [5.41, 5.74) is 5.39. The first-order valence-corrected chi connectivity index (χ1v) is 8.23. The number of hydrogen-bond acceptors (Lipinski definition) is 5. The van der Waals surface area contributed by atoms with Crippen LogP contribution in [0, 0.1) is 6.92 Å². The molecule has 0 saturated carbocycles. The first-order valence-electron chi connectivity index (χ1n) is 7.35. The predicted molar refractivity (Wildman–Crippen MR) is 85.6 cm³/mol. The molecule has 2 heterocycles. The van der Waals surface area contributed by atoms with E-state index in [2.05, 4.69) is 34.0 Å². The Labute approximate surface area is 129 Å². The number of benzene rings is 1. The first-order chi connectivity index (χ1) is 10.3. The van der Waals surface area contributed by atoms with Gasteiger partial charge in [0.2, 0.25) is 0 Å². The minimum Gasteiger partial charge on any atom is -0.493 e. The number of thiazole rings is 1. The lowest BCUT2D eigenvalue weighted by atomic mass is 9.86. The van der Waals surface area contributed by atoms with Gasteiger partial charge in [-0.05, 0) is 37.3 Å². The van der Waals surface area contributed by atoms with E-state index >= 15 is 0 Å². The van der Waals surface area contributed by atoms with E-state index in [0.29, 0.717) is 5.92 Å². The van der Waals surface area contributed by atoms with Crippen LogP contribution in [0.15, 0.2) is 29.6 Å². The molecule has 0 bridgehead atoms. The smallest absolute Gasteiger partial charge is 0.122 e. The lowest BCUT2D eigenvalue weighted by Gasteiger charge is -2.28. The molecule has 1 aliphatic rings. The van der Waals surface area contributed by atoms with Crippen molar-refractivity contribution >= 4 is 11.3 Å². The summed E-state index contributed by atoms with van der Waals surface area (Å²) in [6, 6.07) is 8.56. The molecule has 0 radical (unpaired) electrons. The zero-order chi connectivity index (χ0) is 14.7. The summed E-state index contributed by atoms with van der Waals surface area (Å²) in [5.74, 6) is 7.28. The summed E-state index contributed by atoms with van der Waals surface area (Å²) in [7, 11) is 0. The highest BCUT2D eigenvalue weighted by Crippen LogP contribution is 2.36. The molecule has 112 valence electrons. The van der Waals surface area contributed by atoms with Crippen molar-refractivity contribution in [3.63, 3.8) is 0 Å². The van der Waals surface area contributed by atoms with Crippen LogP contribution in [0.5, 0.6) is 5.75 Å². The standard InChI is InChI=1S/C16H21N3OS/c1-11-18-14(10-21-11)9-13(19-17)8-12-6-7-20-16-5-3-2-4-15(12)16/h2-5,10,12-13,19H,6-9,17H2,1H3. The van der Waals surface area contributed by atoms with Gasteiger partial charge in [-0.25, -0.2) is 4.98 Å². The van der Waals surface area contributed by atoms with Crippen LogP contribution in [0.2, 0.25) is 0 Å². The number of nitrogens with two attached hydrogens (primary N) is 1. The SMILES string of the molecule is Cc1nc(CC(CC2CCOc3ccccc32)NN)cs1. The number of hydrazine groups is 1. The Morgan fingerprint density at radius 2 is 2.33 bits per heavy atom. The molecule has 0 fully saturated rings. The van der Waals surface area contributed by atoms with E-state index in [0.717, 1.165) is 42.3 Å². The van der Waals surface area contributed by atoms with Crippen molar-refractivity contribution in [2.75, 3.05) is 6.61 Å². The predicted octanol–water partition coefficient (Wildman–Crippen LogP) is 2.78. The Bertz CT molecular complexity index is 599. The fourth-order valence-electron chi connectivity index (χ4n) is 2.97. The maximum Gasteiger partial charge on any atom is 0.122 e. The van der Waals surface area contributed by atoms with Crippen LogP contribution in [0.1, 0.15) is 35.0 Å². The van der Waals surface area contributed by atoms with Gasteiger partial charge >= 0.3 is 0 Å². The van der Waals surface area contributed by atoms with E-state index in [-0.39, 0.29) is 6.04 Å². The van der Waals surface area contributed by atoms with Gasteiger partial charge in [-0.2, -0.15) is 0 Å². The molecule has 2 unspecified atom stereocenters. The van der Waals surface area contributed by atoms with Crippen LogP contribution in [-0.2, 0) is 6.42 Å². The number of nitrogens with one attached hydrogen (secondary N) is 1. The Morgan fingerprint density at radius 1 is 1.48 bits per heavy atom. The second kappa shape index (κ2) is 6.56. The summed E-state index contributed by atoms with van der Waals surface area (Å²) < 4.78 is 5.73. The summed E-state index contributed by atoms with van der Waals surface area (Å²) in [6.07, 6.45) is 2.93. The minimum absolute atomic E-state index is 0.239. The van der Waals surface area contributed by atoms with E-state index in [4.69, 9.17) is 10.6 Å². The highest BCUT2D eigenvalue weighted by Gasteiger charge is 2.24. The van der Waals surface area contributed by atoms with E-state index in [1.54, 1.807) is 11.3 Å². The molecule has 1 aliphatic heterocycles. The lowest BCUT2D eigenvalue weighted by Crippen LogP contribution is -2.38. The molecule has 21 heavy (non-hydrogen) atoms. The Kier molecular flexibility index (Phi) is 4.53. The Hall–Kier alpha value is -1.43. The van der Waals surface area contributed by atoms with Crippen molar-refractivity contribution in [3.05, 3.63) is 45.9 Å². The van der Waals surface area contributed by atoms with Crippen LogP contribution in [0.4, 0.5) is 0 Å². The second-order valence-corrected chi connectivity index (χ2v) is 6.60. The normalized spacial score (nSPS) is 18.9. The van der Waals surface area contributed by atoms with Crippen LogP contribution < -0.4 is 16.0 Å². The van der Waals surface area contributed by atoms with E-state index in [1.165, 1.54) is 5.56 Å². The van der Waals surface area contributed by atoms with Crippen molar-refractivity contribution in [1.82, 2.24) is 10.4 Å². The van der Waals surface area contributed by atoms with E-state index in [9.17, 15) is 0 Å². The number of ether oxygens (including phenoxy) is 1. The molecular weight excluding hydrogens is 282 g/mol. The molecule has 1 aromatic carbocycles. The maximum absolute atomic E-state index is 5.76. The van der Waals surface area contributed by atoms with E-state index < -0.39 is 0 Å². The number of nitrogens with zero attached hydrogens (tertiary/aromatic N) is 1. The highest BCUT2D eigenvalue weighted by atomic mass is 32.1. The summed E-state index contributed by atoms with van der Waals surface area (Å²) in [6.45, 7) is 2.82. The molecule has 3 rings (SSSR count). The Balaban J connectivity index is 1.70. The molecule has 4 nitrogen and oxygen atoms in total. The quantitative estimate of drug-likeness (QED) is 0.658. The van der Waals surface area contributed by atoms with Gasteiger partial charge in [0.15, 0.2) is 0 Å². The topological polar surface area (TPSA) is 60.2 Å². The van der Waals surface area contributed by atoms with Gasteiger partial charge in [0.25, 0.3) is 0 Å². The van der Waals surface area contributed by atoms with Crippen molar-refractivity contribution in [2.45, 2.75) is 38.1 Å². The van der Waals surface area contributed by atoms with Crippen LogP contribution >= 0.6 is 11.3 Å². The molecule has 3 N–H and O–H groups in total. The van der Waals surface area contributed by atoms with Crippen molar-refractivity contribution in [1.29, 1.82) is 0 Å². The molecule has 0 spiro atoms. The molecule has 5 heteroatoms. The number of aryl methyl sites for hydroxylation is 1. The lowest BCUT2D eigenvalue weighted by molar-refractivity contribution is 0.254. The van der Waals surface area contributed by atoms with Gasteiger partial charge in [0, 0.05) is 17.8 Å². The maximum atomic E-state index is 5.76. The number of aromatic nitrogens is 1. The van der Waals surface area contributed by atoms with Gasteiger partial charge in [-0.15, -0.1) is 11.3 Å². The van der Waals surface area contributed by atoms with Gasteiger partial charge in [-0.1, -0.05) is 18.2 Å². The molecule has 0 aliphatic carbocycles. The van der Waals surface area contributed by atoms with E-state index in [1.807, 2.05) is 13.0 Å². The van der Waals surface area contributed by atoms with Gasteiger partial charge in [0.05, 0.1) is 17.3 Å². The molecular formula is C16H21N3OS. The third kappa shape index (κ3) is 3.43. The number of para-hydroxylation sites is 1. The monoisotopic (exact) mass is 303 g/mol. The van der Waals surface area contributed by atoms with Crippen LogP contribution in [0.25, 0.3) is 0 Å². The average molecular weight is 303 g/mol. The fraction of sp³-hybridized carbons (Fsp3) is 0.438. The molecule has 0 amide bonds. The summed E-state index contributed by atoms with van der Waals surface area (Å²) >= 11 is 1.69.